The zero-order valence-electron chi connectivity index (χ0n) is 14.8. The molecule has 3 heterocycles. The van der Waals surface area contributed by atoms with Gasteiger partial charge in [-0.15, -0.1) is 0 Å². The van der Waals surface area contributed by atoms with E-state index in [9.17, 15) is 4.79 Å². The number of amides is 1. The average Bonchev–Trinajstić information content (AvgIpc) is 3.27. The number of nitrogens with zero attached hydrogens (tertiary/aromatic N) is 4. The van der Waals surface area contributed by atoms with Crippen LogP contribution in [0.4, 0.5) is 5.13 Å². The molecule has 4 rings (SSSR count). The monoisotopic (exact) mass is 371 g/mol. The fraction of sp³-hybridized carbons (Fsp3) is 0.389. The number of carbonyl (C=O) groups excluding carboxylic acids is 1. The third-order valence-electron chi connectivity index (χ3n) is 4.67. The number of benzene rings is 1. The molecule has 26 heavy (non-hydrogen) atoms. The van der Waals surface area contributed by atoms with Crippen molar-refractivity contribution in [2.45, 2.75) is 18.9 Å². The molecule has 7 nitrogen and oxygen atoms in total. The summed E-state index contributed by atoms with van der Waals surface area (Å²) in [5, 5.41) is 8.16. The van der Waals surface area contributed by atoms with Gasteiger partial charge >= 0.3 is 0 Å². The molecule has 0 bridgehead atoms. The first-order valence-corrected chi connectivity index (χ1v) is 9.44. The van der Waals surface area contributed by atoms with Gasteiger partial charge in [0.05, 0.1) is 11.8 Å². The van der Waals surface area contributed by atoms with E-state index in [0.29, 0.717) is 5.69 Å². The van der Waals surface area contributed by atoms with Crippen molar-refractivity contribution in [1.29, 1.82) is 0 Å². The van der Waals surface area contributed by atoms with Crippen molar-refractivity contribution in [2.24, 2.45) is 7.05 Å². The van der Waals surface area contributed by atoms with Gasteiger partial charge < -0.3 is 15.0 Å². The Morgan fingerprint density at radius 3 is 3.04 bits per heavy atom. The maximum atomic E-state index is 12.4. The molecule has 3 aromatic rings. The van der Waals surface area contributed by atoms with Crippen LogP contribution in [0.3, 0.4) is 0 Å². The van der Waals surface area contributed by atoms with E-state index in [2.05, 4.69) is 21.4 Å². The number of fused-ring (bicyclic) bond motifs is 1. The zero-order valence-corrected chi connectivity index (χ0v) is 15.6. The lowest BCUT2D eigenvalue weighted by molar-refractivity contribution is 0.0923. The predicted molar refractivity (Wildman–Crippen MR) is 102 cm³/mol. The molecule has 1 amide bonds. The molecule has 1 unspecified atom stereocenters. The van der Waals surface area contributed by atoms with Gasteiger partial charge in [-0.1, -0.05) is 17.4 Å². The number of ether oxygens (including phenoxy) is 1. The molecule has 1 aliphatic heterocycles. The van der Waals surface area contributed by atoms with Crippen molar-refractivity contribution >= 4 is 32.6 Å². The van der Waals surface area contributed by atoms with Crippen molar-refractivity contribution in [1.82, 2.24) is 20.1 Å². The maximum Gasteiger partial charge on any atom is 0.269 e. The van der Waals surface area contributed by atoms with E-state index < -0.39 is 0 Å². The summed E-state index contributed by atoms with van der Waals surface area (Å²) in [5.41, 5.74) is 1.47. The van der Waals surface area contributed by atoms with Crippen LogP contribution >= 0.6 is 11.3 Å². The normalized spacial score (nSPS) is 17.5. The van der Waals surface area contributed by atoms with E-state index in [-0.39, 0.29) is 11.9 Å². The summed E-state index contributed by atoms with van der Waals surface area (Å²) in [7, 11) is 3.44. The van der Waals surface area contributed by atoms with Crippen molar-refractivity contribution in [3.63, 3.8) is 0 Å². The summed E-state index contributed by atoms with van der Waals surface area (Å²) >= 11 is 1.66. The molecule has 1 aromatic carbocycles. The number of anilines is 1. The lowest BCUT2D eigenvalue weighted by Crippen LogP contribution is -2.48. The number of piperidine rings is 1. The lowest BCUT2D eigenvalue weighted by atomic mass is 10.1. The van der Waals surface area contributed by atoms with E-state index in [0.717, 1.165) is 47.0 Å². The fourth-order valence-electron chi connectivity index (χ4n) is 3.34. The Kier molecular flexibility index (Phi) is 4.50. The van der Waals surface area contributed by atoms with Crippen LogP contribution in [0.15, 0.2) is 30.5 Å². The predicted octanol–water partition coefficient (Wildman–Crippen LogP) is 2.44. The van der Waals surface area contributed by atoms with Crippen LogP contribution in [0, 0.1) is 0 Å². The zero-order chi connectivity index (χ0) is 18.1. The summed E-state index contributed by atoms with van der Waals surface area (Å²) in [5.74, 6) is 0.714. The Hall–Kier alpha value is -2.61. The van der Waals surface area contributed by atoms with Gasteiger partial charge in [0, 0.05) is 32.4 Å². The van der Waals surface area contributed by atoms with Gasteiger partial charge in [-0.2, -0.15) is 5.10 Å². The summed E-state index contributed by atoms with van der Waals surface area (Å²) in [6, 6.07) is 7.80. The highest BCUT2D eigenvalue weighted by atomic mass is 32.1. The van der Waals surface area contributed by atoms with Crippen molar-refractivity contribution < 1.29 is 9.53 Å². The van der Waals surface area contributed by atoms with E-state index in [1.807, 2.05) is 12.1 Å². The second-order valence-electron chi connectivity index (χ2n) is 6.40. The van der Waals surface area contributed by atoms with E-state index in [1.165, 1.54) is 0 Å². The first-order chi connectivity index (χ1) is 12.7. The van der Waals surface area contributed by atoms with Gasteiger partial charge in [-0.05, 0) is 31.0 Å². The standard InChI is InChI=1S/C18H21N5O2S/c1-22-13(8-9-19-22)17(24)20-12-5-4-10-23(11-12)18-21-16-14(25-2)6-3-7-15(16)26-18/h3,6-9,12H,4-5,10-11H2,1-2H3,(H,20,24). The fourth-order valence-corrected chi connectivity index (χ4v) is 4.35. The van der Waals surface area contributed by atoms with Crippen LogP contribution in [-0.2, 0) is 7.05 Å². The summed E-state index contributed by atoms with van der Waals surface area (Å²) < 4.78 is 8.12. The molecule has 0 spiro atoms. The van der Waals surface area contributed by atoms with Crippen LogP contribution in [0.1, 0.15) is 23.3 Å². The van der Waals surface area contributed by atoms with Crippen LogP contribution in [-0.4, -0.2) is 46.9 Å². The van der Waals surface area contributed by atoms with E-state index >= 15 is 0 Å². The number of nitrogens with one attached hydrogen (secondary N) is 1. The topological polar surface area (TPSA) is 72.3 Å². The van der Waals surface area contributed by atoms with Crippen LogP contribution in [0.25, 0.3) is 10.2 Å². The molecule has 2 aromatic heterocycles. The number of aryl methyl sites for hydroxylation is 1. The minimum atomic E-state index is -0.0807. The molecule has 8 heteroatoms. The average molecular weight is 371 g/mol. The molecule has 1 N–H and O–H groups in total. The molecule has 0 radical (unpaired) electrons. The Labute approximate surface area is 155 Å². The van der Waals surface area contributed by atoms with Gasteiger partial charge in [0.1, 0.15) is 17.0 Å². The Morgan fingerprint density at radius 2 is 2.27 bits per heavy atom. The number of rotatable bonds is 4. The number of hydrogen-bond donors (Lipinski definition) is 1. The molecular weight excluding hydrogens is 350 g/mol. The smallest absolute Gasteiger partial charge is 0.269 e. The molecule has 1 atom stereocenters. The molecule has 0 saturated carbocycles. The quantitative estimate of drug-likeness (QED) is 0.763. The highest BCUT2D eigenvalue weighted by Gasteiger charge is 2.25. The number of aromatic nitrogens is 3. The largest absolute Gasteiger partial charge is 0.494 e. The first-order valence-electron chi connectivity index (χ1n) is 8.63. The minimum Gasteiger partial charge on any atom is -0.494 e. The van der Waals surface area contributed by atoms with Gasteiger partial charge in [-0.3, -0.25) is 9.48 Å². The Bertz CT molecular complexity index is 935. The molecule has 136 valence electrons. The molecule has 0 aliphatic carbocycles. The lowest BCUT2D eigenvalue weighted by Gasteiger charge is -2.32. The SMILES string of the molecule is COc1cccc2sc(N3CCCC(NC(=O)c4ccnn4C)C3)nc12. The maximum absolute atomic E-state index is 12.4. The highest BCUT2D eigenvalue weighted by molar-refractivity contribution is 7.22. The number of thiazole rings is 1. The van der Waals surface area contributed by atoms with Gasteiger partial charge in [-0.25, -0.2) is 4.98 Å². The Morgan fingerprint density at radius 1 is 1.38 bits per heavy atom. The number of para-hydroxylation sites is 1. The molecule has 1 fully saturated rings. The second-order valence-corrected chi connectivity index (χ2v) is 7.41. The summed E-state index contributed by atoms with van der Waals surface area (Å²) in [6.45, 7) is 1.70. The van der Waals surface area contributed by atoms with Crippen molar-refractivity contribution in [3.8, 4) is 5.75 Å². The molecular formula is C18H21N5O2S. The third kappa shape index (κ3) is 3.12. The highest BCUT2D eigenvalue weighted by Crippen LogP contribution is 2.34. The van der Waals surface area contributed by atoms with Crippen LogP contribution in [0.5, 0.6) is 5.75 Å². The minimum absolute atomic E-state index is 0.0807. The van der Waals surface area contributed by atoms with Crippen LogP contribution in [0.2, 0.25) is 0 Å². The number of hydrogen-bond acceptors (Lipinski definition) is 6. The van der Waals surface area contributed by atoms with E-state index in [4.69, 9.17) is 9.72 Å². The summed E-state index contributed by atoms with van der Waals surface area (Å²) in [6.07, 6.45) is 3.62. The van der Waals surface area contributed by atoms with Gasteiger partial charge in [0.2, 0.25) is 0 Å². The summed E-state index contributed by atoms with van der Waals surface area (Å²) in [4.78, 5) is 19.5. The van der Waals surface area contributed by atoms with Crippen molar-refractivity contribution in [2.75, 3.05) is 25.1 Å². The first kappa shape index (κ1) is 16.8. The Balaban J connectivity index is 1.50. The molecule has 1 aliphatic rings. The second kappa shape index (κ2) is 6.95. The van der Waals surface area contributed by atoms with Crippen molar-refractivity contribution in [3.05, 3.63) is 36.2 Å². The van der Waals surface area contributed by atoms with E-state index in [1.54, 1.807) is 42.4 Å². The third-order valence-corrected chi connectivity index (χ3v) is 5.75. The van der Waals surface area contributed by atoms with Crippen LogP contribution < -0.4 is 15.0 Å². The number of carbonyl (C=O) groups is 1. The number of methoxy groups -OCH3 is 1. The molecule has 1 saturated heterocycles. The van der Waals surface area contributed by atoms with Gasteiger partial charge in [0.25, 0.3) is 5.91 Å². The van der Waals surface area contributed by atoms with Gasteiger partial charge in [0.15, 0.2) is 5.13 Å².